The van der Waals surface area contributed by atoms with Gasteiger partial charge in [0.05, 0.1) is 5.56 Å². The Morgan fingerprint density at radius 1 is 1.12 bits per heavy atom. The van der Waals surface area contributed by atoms with Gasteiger partial charge in [0, 0.05) is 36.6 Å². The largest absolute Gasteiger partial charge is 0.488 e. The van der Waals surface area contributed by atoms with Gasteiger partial charge >= 0.3 is 0 Å². The van der Waals surface area contributed by atoms with Gasteiger partial charge in [0.1, 0.15) is 12.4 Å². The lowest BCUT2D eigenvalue weighted by molar-refractivity contribution is 0.1000. The third-order valence-corrected chi connectivity index (χ3v) is 4.73. The minimum absolute atomic E-state index is 0.0300. The van der Waals surface area contributed by atoms with Crippen molar-refractivity contribution in [2.75, 3.05) is 24.6 Å². The predicted molar refractivity (Wildman–Crippen MR) is 97.2 cm³/mol. The number of rotatable bonds is 2. The predicted octanol–water partition coefficient (Wildman–Crippen LogP) is 3.35. The van der Waals surface area contributed by atoms with Crippen LogP contribution in [-0.4, -0.2) is 35.4 Å². The van der Waals surface area contributed by atoms with Crippen LogP contribution >= 0.6 is 0 Å². The van der Waals surface area contributed by atoms with Crippen molar-refractivity contribution < 1.29 is 9.53 Å². The van der Waals surface area contributed by atoms with Gasteiger partial charge in [-0.05, 0) is 50.0 Å². The zero-order valence-corrected chi connectivity index (χ0v) is 14.6. The number of nitrogens with zero attached hydrogens (tertiary/aromatic N) is 3. The molecule has 25 heavy (non-hydrogen) atoms. The monoisotopic (exact) mass is 335 g/mol. The van der Waals surface area contributed by atoms with E-state index in [9.17, 15) is 4.79 Å². The van der Waals surface area contributed by atoms with Gasteiger partial charge in [0.2, 0.25) is 5.95 Å². The molecule has 0 radical (unpaired) electrons. The highest BCUT2D eigenvalue weighted by Crippen LogP contribution is 2.31. The fourth-order valence-electron chi connectivity index (χ4n) is 3.51. The summed E-state index contributed by atoms with van der Waals surface area (Å²) in [5.41, 5.74) is 4.17. The van der Waals surface area contributed by atoms with E-state index in [2.05, 4.69) is 14.9 Å². The summed E-state index contributed by atoms with van der Waals surface area (Å²) in [7, 11) is 0. The Kier molecular flexibility index (Phi) is 3.99. The lowest BCUT2D eigenvalue weighted by atomic mass is 9.94. The van der Waals surface area contributed by atoms with E-state index in [4.69, 9.17) is 4.74 Å². The van der Waals surface area contributed by atoms with Crippen LogP contribution in [0.1, 0.15) is 39.9 Å². The molecule has 0 amide bonds. The average molecular weight is 335 g/mol. The normalized spacial score (nSPS) is 18.4. The summed E-state index contributed by atoms with van der Waals surface area (Å²) < 4.78 is 5.81. The fraction of sp³-hybridized carbons (Fsp3) is 0.350. The van der Waals surface area contributed by atoms with E-state index < -0.39 is 0 Å². The maximum absolute atomic E-state index is 12.8. The summed E-state index contributed by atoms with van der Waals surface area (Å²) in [4.78, 5) is 23.9. The van der Waals surface area contributed by atoms with E-state index in [-0.39, 0.29) is 12.4 Å². The minimum Gasteiger partial charge on any atom is -0.488 e. The quantitative estimate of drug-likeness (QED) is 0.788. The van der Waals surface area contributed by atoms with Crippen LogP contribution in [0.25, 0.3) is 6.08 Å². The molecule has 5 nitrogen and oxygen atoms in total. The summed E-state index contributed by atoms with van der Waals surface area (Å²) >= 11 is 0. The molecule has 1 aromatic carbocycles. The van der Waals surface area contributed by atoms with Gasteiger partial charge < -0.3 is 9.64 Å². The second kappa shape index (κ2) is 6.31. The molecule has 2 aliphatic rings. The molecule has 1 aromatic heterocycles. The zero-order valence-electron chi connectivity index (χ0n) is 14.6. The lowest BCUT2D eigenvalue weighted by Crippen LogP contribution is -2.21. The van der Waals surface area contributed by atoms with Gasteiger partial charge in [0.15, 0.2) is 5.78 Å². The van der Waals surface area contributed by atoms with Crippen molar-refractivity contribution in [1.82, 2.24) is 9.97 Å². The standard InChI is InChI=1S/C20H21N3O2/c1-13-7-14(2)18-17(8-13)25-12-16(19(18)24)9-15-10-21-20(22-11-15)23-5-3-4-6-23/h7-11H,3-6,12H2,1-2H3/b16-9+. The Labute approximate surface area is 147 Å². The van der Waals surface area contributed by atoms with Crippen molar-refractivity contribution in [1.29, 1.82) is 0 Å². The third-order valence-electron chi connectivity index (χ3n) is 4.73. The van der Waals surface area contributed by atoms with Crippen molar-refractivity contribution in [2.24, 2.45) is 0 Å². The van der Waals surface area contributed by atoms with Gasteiger partial charge in [0.25, 0.3) is 0 Å². The van der Waals surface area contributed by atoms with Gasteiger partial charge in [-0.25, -0.2) is 9.97 Å². The van der Waals surface area contributed by atoms with Crippen molar-refractivity contribution in [2.45, 2.75) is 26.7 Å². The molecule has 3 heterocycles. The van der Waals surface area contributed by atoms with Gasteiger partial charge in [-0.15, -0.1) is 0 Å². The van der Waals surface area contributed by atoms with Crippen molar-refractivity contribution in [3.8, 4) is 5.75 Å². The SMILES string of the molecule is Cc1cc(C)c2c(c1)OC/C(=C\c1cnc(N3CCCC3)nc1)C2=O. The summed E-state index contributed by atoms with van der Waals surface area (Å²) in [5, 5.41) is 0. The van der Waals surface area contributed by atoms with Gasteiger partial charge in [-0.3, -0.25) is 4.79 Å². The van der Waals surface area contributed by atoms with Crippen LogP contribution in [0.2, 0.25) is 0 Å². The highest BCUT2D eigenvalue weighted by Gasteiger charge is 2.25. The van der Waals surface area contributed by atoms with Crippen LogP contribution in [0.15, 0.2) is 30.1 Å². The molecule has 2 aromatic rings. The van der Waals surface area contributed by atoms with Crippen molar-refractivity contribution in [3.63, 3.8) is 0 Å². The Bertz CT molecular complexity index is 850. The molecular weight excluding hydrogens is 314 g/mol. The first-order valence-electron chi connectivity index (χ1n) is 8.68. The number of aromatic nitrogens is 2. The molecule has 128 valence electrons. The number of hydrogen-bond acceptors (Lipinski definition) is 5. The number of carbonyl (C=O) groups is 1. The molecule has 1 saturated heterocycles. The minimum atomic E-state index is 0.0300. The van der Waals surface area contributed by atoms with E-state index in [0.29, 0.717) is 16.9 Å². The highest BCUT2D eigenvalue weighted by molar-refractivity contribution is 6.14. The number of ketones is 1. The maximum atomic E-state index is 12.8. The van der Waals surface area contributed by atoms with Crippen LogP contribution < -0.4 is 9.64 Å². The summed E-state index contributed by atoms with van der Waals surface area (Å²) in [6.07, 6.45) is 7.77. The molecule has 0 N–H and O–H groups in total. The molecule has 2 aliphatic heterocycles. The Morgan fingerprint density at radius 2 is 1.84 bits per heavy atom. The van der Waals surface area contributed by atoms with E-state index in [1.807, 2.05) is 32.1 Å². The van der Waals surface area contributed by atoms with E-state index in [1.54, 1.807) is 12.4 Å². The highest BCUT2D eigenvalue weighted by atomic mass is 16.5. The molecule has 4 rings (SSSR count). The smallest absolute Gasteiger partial charge is 0.225 e. The molecule has 0 aliphatic carbocycles. The number of anilines is 1. The Hall–Kier alpha value is -2.69. The van der Waals surface area contributed by atoms with E-state index >= 15 is 0 Å². The molecular formula is C20H21N3O2. The number of hydrogen-bond donors (Lipinski definition) is 0. The number of fused-ring (bicyclic) bond motifs is 1. The van der Waals surface area contributed by atoms with E-state index in [0.717, 1.165) is 35.7 Å². The summed E-state index contributed by atoms with van der Waals surface area (Å²) in [6.45, 7) is 6.27. The first-order chi connectivity index (χ1) is 12.1. The first-order valence-corrected chi connectivity index (χ1v) is 8.68. The number of carbonyl (C=O) groups excluding carboxylic acids is 1. The number of ether oxygens (including phenoxy) is 1. The van der Waals surface area contributed by atoms with Crippen molar-refractivity contribution in [3.05, 3.63) is 52.4 Å². The Morgan fingerprint density at radius 3 is 2.56 bits per heavy atom. The summed E-state index contributed by atoms with van der Waals surface area (Å²) in [6, 6.07) is 3.93. The molecule has 0 bridgehead atoms. The van der Waals surface area contributed by atoms with Gasteiger partial charge in [-0.2, -0.15) is 0 Å². The molecule has 1 fully saturated rings. The molecule has 0 spiro atoms. The maximum Gasteiger partial charge on any atom is 0.225 e. The third kappa shape index (κ3) is 3.02. The van der Waals surface area contributed by atoms with Crippen LogP contribution in [0.4, 0.5) is 5.95 Å². The fourth-order valence-corrected chi connectivity index (χ4v) is 3.51. The average Bonchev–Trinajstić information content (AvgIpc) is 3.12. The van der Waals surface area contributed by atoms with Crippen LogP contribution in [0.5, 0.6) is 5.75 Å². The Balaban J connectivity index is 1.60. The molecule has 5 heteroatoms. The molecule has 0 unspecified atom stereocenters. The molecule has 0 atom stereocenters. The topological polar surface area (TPSA) is 55.3 Å². The van der Waals surface area contributed by atoms with Crippen LogP contribution in [0.3, 0.4) is 0 Å². The van der Waals surface area contributed by atoms with Crippen LogP contribution in [0, 0.1) is 13.8 Å². The van der Waals surface area contributed by atoms with Crippen molar-refractivity contribution >= 4 is 17.8 Å². The number of benzene rings is 1. The second-order valence-electron chi connectivity index (χ2n) is 6.75. The second-order valence-corrected chi connectivity index (χ2v) is 6.75. The summed E-state index contributed by atoms with van der Waals surface area (Å²) in [5.74, 6) is 1.48. The number of Topliss-reactive ketones (excluding diaryl/α,β-unsaturated/α-hetero) is 1. The lowest BCUT2D eigenvalue weighted by Gasteiger charge is -2.21. The first kappa shape index (κ1) is 15.8. The number of aryl methyl sites for hydroxylation is 2. The van der Waals surface area contributed by atoms with Gasteiger partial charge in [-0.1, -0.05) is 6.07 Å². The molecule has 0 saturated carbocycles. The zero-order chi connectivity index (χ0) is 17.4. The van der Waals surface area contributed by atoms with Crippen LogP contribution in [-0.2, 0) is 0 Å². The van der Waals surface area contributed by atoms with E-state index in [1.165, 1.54) is 12.8 Å².